The Labute approximate surface area is 167 Å². The van der Waals surface area contributed by atoms with Crippen molar-refractivity contribution < 1.29 is 9.53 Å². The van der Waals surface area contributed by atoms with Gasteiger partial charge in [0, 0.05) is 48.8 Å². The quantitative estimate of drug-likeness (QED) is 0.669. The first-order valence-corrected chi connectivity index (χ1v) is 9.38. The van der Waals surface area contributed by atoms with Crippen molar-refractivity contribution in [3.8, 4) is 11.6 Å². The molecule has 0 unspecified atom stereocenters. The molecule has 1 aliphatic heterocycles. The molecule has 7 nitrogen and oxygen atoms in total. The Kier molecular flexibility index (Phi) is 5.43. The van der Waals surface area contributed by atoms with Crippen LogP contribution in [-0.2, 0) is 0 Å². The third-order valence-corrected chi connectivity index (χ3v) is 4.92. The van der Waals surface area contributed by atoms with Crippen LogP contribution in [0.5, 0.6) is 11.6 Å². The van der Waals surface area contributed by atoms with Crippen LogP contribution >= 0.6 is 11.6 Å². The molecule has 1 amide bonds. The molecule has 0 spiro atoms. The minimum atomic E-state index is -0.0941. The smallest absolute Gasteiger partial charge is 0.274 e. The average molecular weight is 396 g/mol. The van der Waals surface area contributed by atoms with E-state index in [4.69, 9.17) is 16.3 Å². The minimum Gasteiger partial charge on any atom is -0.437 e. The Balaban J connectivity index is 1.45. The second kappa shape index (κ2) is 8.31. The normalized spacial score (nSPS) is 14.7. The van der Waals surface area contributed by atoms with Crippen LogP contribution < -0.4 is 4.74 Å². The van der Waals surface area contributed by atoms with Gasteiger partial charge in [0.15, 0.2) is 0 Å². The molecule has 0 aliphatic carbocycles. The molecule has 142 valence electrons. The minimum absolute atomic E-state index is 0.0941. The first-order chi connectivity index (χ1) is 13.7. The van der Waals surface area contributed by atoms with Crippen LogP contribution in [0.15, 0.2) is 55.2 Å². The molecular weight excluding hydrogens is 378 g/mol. The van der Waals surface area contributed by atoms with E-state index in [1.165, 1.54) is 12.4 Å². The molecule has 4 rings (SSSR count). The Morgan fingerprint density at radius 3 is 2.43 bits per heavy atom. The molecule has 8 heteroatoms. The highest BCUT2D eigenvalue weighted by Crippen LogP contribution is 2.33. The average Bonchev–Trinajstić information content (AvgIpc) is 2.76. The SMILES string of the molecule is O=C(c1cnccn1)N1CCC(c2nccnc2Oc2ccc(Cl)cc2)CC1. The summed E-state index contributed by atoms with van der Waals surface area (Å²) in [6.45, 7) is 1.24. The number of nitrogens with zero attached hydrogens (tertiary/aromatic N) is 5. The third kappa shape index (κ3) is 4.09. The molecular formula is C20H18ClN5O2. The fraction of sp³-hybridized carbons (Fsp3) is 0.250. The number of hydrogen-bond donors (Lipinski definition) is 0. The number of aromatic nitrogens is 4. The molecule has 0 bridgehead atoms. The van der Waals surface area contributed by atoms with Gasteiger partial charge < -0.3 is 9.64 Å². The van der Waals surface area contributed by atoms with Gasteiger partial charge >= 0.3 is 0 Å². The molecule has 3 heterocycles. The van der Waals surface area contributed by atoms with Crippen LogP contribution in [0.25, 0.3) is 0 Å². The summed E-state index contributed by atoms with van der Waals surface area (Å²) in [7, 11) is 0. The number of likely N-dealkylation sites (tertiary alicyclic amines) is 1. The van der Waals surface area contributed by atoms with Crippen molar-refractivity contribution in [1.82, 2.24) is 24.8 Å². The third-order valence-electron chi connectivity index (χ3n) is 4.67. The molecule has 1 saturated heterocycles. The van der Waals surface area contributed by atoms with Gasteiger partial charge in [0.2, 0.25) is 5.88 Å². The molecule has 0 saturated carbocycles. The van der Waals surface area contributed by atoms with Crippen molar-refractivity contribution in [3.05, 3.63) is 71.7 Å². The Morgan fingerprint density at radius 1 is 1.00 bits per heavy atom. The van der Waals surface area contributed by atoms with Crippen molar-refractivity contribution in [3.63, 3.8) is 0 Å². The van der Waals surface area contributed by atoms with Gasteiger partial charge in [-0.15, -0.1) is 0 Å². The molecule has 0 atom stereocenters. The summed E-state index contributed by atoms with van der Waals surface area (Å²) in [4.78, 5) is 31.3. The number of carbonyl (C=O) groups excluding carboxylic acids is 1. The van der Waals surface area contributed by atoms with Gasteiger partial charge in [0.25, 0.3) is 5.91 Å². The lowest BCUT2D eigenvalue weighted by atomic mass is 9.93. The summed E-state index contributed by atoms with van der Waals surface area (Å²) in [6.07, 6.45) is 9.42. The lowest BCUT2D eigenvalue weighted by molar-refractivity contribution is 0.0705. The maximum Gasteiger partial charge on any atom is 0.274 e. The zero-order chi connectivity index (χ0) is 19.3. The van der Waals surface area contributed by atoms with Crippen molar-refractivity contribution in [2.75, 3.05) is 13.1 Å². The summed E-state index contributed by atoms with van der Waals surface area (Å²) < 4.78 is 5.93. The maximum atomic E-state index is 12.5. The Morgan fingerprint density at radius 2 is 1.71 bits per heavy atom. The zero-order valence-corrected chi connectivity index (χ0v) is 15.8. The maximum absolute atomic E-state index is 12.5. The first kappa shape index (κ1) is 18.3. The number of rotatable bonds is 4. The van der Waals surface area contributed by atoms with Crippen molar-refractivity contribution in [1.29, 1.82) is 0 Å². The molecule has 3 aromatic rings. The highest BCUT2D eigenvalue weighted by molar-refractivity contribution is 6.30. The van der Waals surface area contributed by atoms with E-state index in [2.05, 4.69) is 19.9 Å². The number of benzene rings is 1. The fourth-order valence-corrected chi connectivity index (χ4v) is 3.36. The van der Waals surface area contributed by atoms with E-state index in [1.807, 2.05) is 0 Å². The standard InChI is InChI=1S/C20H18ClN5O2/c21-15-1-3-16(4-2-15)28-19-18(24-9-10-25-19)14-5-11-26(12-6-14)20(27)17-13-22-7-8-23-17/h1-4,7-10,13-14H,5-6,11-12H2. The number of carbonyl (C=O) groups is 1. The summed E-state index contributed by atoms with van der Waals surface area (Å²) in [5.41, 5.74) is 1.18. The number of piperidine rings is 1. The van der Waals surface area contributed by atoms with E-state index in [0.717, 1.165) is 18.5 Å². The Hall–Kier alpha value is -3.06. The van der Waals surface area contributed by atoms with Gasteiger partial charge in [-0.25, -0.2) is 9.97 Å². The van der Waals surface area contributed by atoms with Gasteiger partial charge in [0.05, 0.1) is 6.20 Å². The number of ether oxygens (including phenoxy) is 1. The van der Waals surface area contributed by atoms with E-state index in [0.29, 0.717) is 35.4 Å². The molecule has 0 N–H and O–H groups in total. The number of halogens is 1. The topological polar surface area (TPSA) is 81.1 Å². The highest BCUT2D eigenvalue weighted by atomic mass is 35.5. The van der Waals surface area contributed by atoms with E-state index in [1.54, 1.807) is 47.8 Å². The van der Waals surface area contributed by atoms with Gasteiger partial charge in [0.1, 0.15) is 17.1 Å². The van der Waals surface area contributed by atoms with Gasteiger partial charge in [-0.3, -0.25) is 14.8 Å². The molecule has 1 fully saturated rings. The zero-order valence-electron chi connectivity index (χ0n) is 15.0. The summed E-state index contributed by atoms with van der Waals surface area (Å²) in [5, 5.41) is 0.645. The predicted octanol–water partition coefficient (Wildman–Crippen LogP) is 3.73. The molecule has 28 heavy (non-hydrogen) atoms. The fourth-order valence-electron chi connectivity index (χ4n) is 3.24. The summed E-state index contributed by atoms with van der Waals surface area (Å²) in [6, 6.07) is 7.12. The van der Waals surface area contributed by atoms with Gasteiger partial charge in [-0.05, 0) is 37.1 Å². The molecule has 1 aliphatic rings. The van der Waals surface area contributed by atoms with E-state index in [-0.39, 0.29) is 11.8 Å². The van der Waals surface area contributed by atoms with Gasteiger partial charge in [-0.1, -0.05) is 11.6 Å². The molecule has 1 aromatic carbocycles. The largest absolute Gasteiger partial charge is 0.437 e. The number of amides is 1. The van der Waals surface area contributed by atoms with Crippen molar-refractivity contribution >= 4 is 17.5 Å². The Bertz CT molecular complexity index is 944. The van der Waals surface area contributed by atoms with E-state index < -0.39 is 0 Å². The van der Waals surface area contributed by atoms with Crippen molar-refractivity contribution in [2.24, 2.45) is 0 Å². The second-order valence-electron chi connectivity index (χ2n) is 6.46. The summed E-state index contributed by atoms with van der Waals surface area (Å²) >= 11 is 5.93. The van der Waals surface area contributed by atoms with Crippen LogP contribution in [0, 0.1) is 0 Å². The van der Waals surface area contributed by atoms with Crippen LogP contribution in [0.4, 0.5) is 0 Å². The van der Waals surface area contributed by atoms with Crippen LogP contribution in [-0.4, -0.2) is 43.8 Å². The lowest BCUT2D eigenvalue weighted by Gasteiger charge is -2.31. The van der Waals surface area contributed by atoms with E-state index in [9.17, 15) is 4.79 Å². The number of hydrogen-bond acceptors (Lipinski definition) is 6. The molecule has 0 radical (unpaired) electrons. The van der Waals surface area contributed by atoms with Gasteiger partial charge in [-0.2, -0.15) is 0 Å². The van der Waals surface area contributed by atoms with E-state index >= 15 is 0 Å². The van der Waals surface area contributed by atoms with Crippen LogP contribution in [0.2, 0.25) is 5.02 Å². The van der Waals surface area contributed by atoms with Crippen LogP contribution in [0.1, 0.15) is 34.9 Å². The van der Waals surface area contributed by atoms with Crippen molar-refractivity contribution in [2.45, 2.75) is 18.8 Å². The predicted molar refractivity (Wildman–Crippen MR) is 103 cm³/mol. The summed E-state index contributed by atoms with van der Waals surface area (Å²) in [5.74, 6) is 1.22. The first-order valence-electron chi connectivity index (χ1n) is 9.00. The van der Waals surface area contributed by atoms with Crippen LogP contribution in [0.3, 0.4) is 0 Å². The molecule has 2 aromatic heterocycles. The highest BCUT2D eigenvalue weighted by Gasteiger charge is 2.28. The monoisotopic (exact) mass is 395 g/mol. The lowest BCUT2D eigenvalue weighted by Crippen LogP contribution is -2.38. The second-order valence-corrected chi connectivity index (χ2v) is 6.90.